The number of hydrogen-bond donors (Lipinski definition) is 0. The first-order valence-corrected chi connectivity index (χ1v) is 11.4. The highest BCUT2D eigenvalue weighted by Gasteiger charge is 2.24. The molecule has 0 radical (unpaired) electrons. The maximum atomic E-state index is 13.7. The standard InChI is InChI=1S/C26H28N4O4/c1-16-13-20(18(3)33-16)22-14-21(24-17(2)28-34-25(24)27-22)26(31)29(4)15-19-7-5-6-8-23(19)30-9-11-32-12-10-30/h5-8,13-14H,9-12,15H2,1-4H3. The number of carbonyl (C=O) groups is 1. The third-order valence-corrected chi connectivity index (χ3v) is 6.26. The van der Waals surface area contributed by atoms with E-state index in [0.717, 1.165) is 41.4 Å². The molecule has 4 aromatic rings. The number of morpholine rings is 1. The Morgan fingerprint density at radius 1 is 1.12 bits per heavy atom. The lowest BCUT2D eigenvalue weighted by Gasteiger charge is -2.31. The molecule has 1 fully saturated rings. The Labute approximate surface area is 198 Å². The molecule has 1 aliphatic rings. The van der Waals surface area contributed by atoms with E-state index >= 15 is 0 Å². The molecular formula is C26H28N4O4. The molecule has 0 unspecified atom stereocenters. The van der Waals surface area contributed by atoms with Crippen molar-refractivity contribution in [3.05, 3.63) is 64.7 Å². The Hall–Kier alpha value is -3.65. The molecule has 1 aromatic carbocycles. The number of ether oxygens (including phenoxy) is 1. The second kappa shape index (κ2) is 8.95. The summed E-state index contributed by atoms with van der Waals surface area (Å²) in [5.74, 6) is 1.41. The van der Waals surface area contributed by atoms with Crippen LogP contribution in [0.3, 0.4) is 0 Å². The highest BCUT2D eigenvalue weighted by atomic mass is 16.5. The van der Waals surface area contributed by atoms with Crippen LogP contribution in [-0.2, 0) is 11.3 Å². The fourth-order valence-corrected chi connectivity index (χ4v) is 4.58. The Morgan fingerprint density at radius 3 is 2.62 bits per heavy atom. The number of para-hydroxylation sites is 1. The van der Waals surface area contributed by atoms with Crippen molar-refractivity contribution in [3.8, 4) is 11.3 Å². The molecule has 0 N–H and O–H groups in total. The zero-order valence-electron chi connectivity index (χ0n) is 19.9. The minimum absolute atomic E-state index is 0.116. The predicted molar refractivity (Wildman–Crippen MR) is 129 cm³/mol. The minimum Gasteiger partial charge on any atom is -0.466 e. The van der Waals surface area contributed by atoms with Crippen LogP contribution in [0.1, 0.15) is 33.1 Å². The van der Waals surface area contributed by atoms with Crippen LogP contribution >= 0.6 is 0 Å². The zero-order valence-corrected chi connectivity index (χ0v) is 19.9. The van der Waals surface area contributed by atoms with E-state index in [1.165, 1.54) is 0 Å². The van der Waals surface area contributed by atoms with E-state index in [-0.39, 0.29) is 5.91 Å². The molecule has 8 nitrogen and oxygen atoms in total. The van der Waals surface area contributed by atoms with Crippen LogP contribution in [0.25, 0.3) is 22.4 Å². The van der Waals surface area contributed by atoms with Gasteiger partial charge in [-0.05, 0) is 44.5 Å². The van der Waals surface area contributed by atoms with Crippen molar-refractivity contribution in [2.24, 2.45) is 0 Å². The van der Waals surface area contributed by atoms with Gasteiger partial charge in [-0.3, -0.25) is 4.79 Å². The lowest BCUT2D eigenvalue weighted by molar-refractivity contribution is 0.0786. The molecule has 176 valence electrons. The van der Waals surface area contributed by atoms with Crippen molar-refractivity contribution < 1.29 is 18.5 Å². The van der Waals surface area contributed by atoms with Crippen molar-refractivity contribution in [1.29, 1.82) is 0 Å². The summed E-state index contributed by atoms with van der Waals surface area (Å²) < 4.78 is 16.7. The summed E-state index contributed by atoms with van der Waals surface area (Å²) in [5.41, 5.74) is 5.19. The van der Waals surface area contributed by atoms with Gasteiger partial charge in [0.15, 0.2) is 0 Å². The smallest absolute Gasteiger partial charge is 0.259 e. The number of anilines is 1. The maximum absolute atomic E-state index is 13.7. The third-order valence-electron chi connectivity index (χ3n) is 6.26. The van der Waals surface area contributed by atoms with E-state index in [1.807, 2.05) is 52.1 Å². The Kier molecular flexibility index (Phi) is 5.83. The molecule has 34 heavy (non-hydrogen) atoms. The van der Waals surface area contributed by atoms with Crippen molar-refractivity contribution >= 4 is 22.7 Å². The first kappa shape index (κ1) is 22.2. The molecule has 0 spiro atoms. The molecule has 4 heterocycles. The molecular weight excluding hydrogens is 432 g/mol. The summed E-state index contributed by atoms with van der Waals surface area (Å²) in [5, 5.41) is 4.71. The SMILES string of the molecule is Cc1cc(-c2cc(C(=O)N(C)Cc3ccccc3N3CCOCC3)c3c(C)noc3n2)c(C)o1. The number of aromatic nitrogens is 2. The monoisotopic (exact) mass is 460 g/mol. The second-order valence-corrected chi connectivity index (χ2v) is 8.72. The Balaban J connectivity index is 1.50. The minimum atomic E-state index is -0.116. The molecule has 0 atom stereocenters. The summed E-state index contributed by atoms with van der Waals surface area (Å²) in [4.78, 5) is 22.4. The predicted octanol–water partition coefficient (Wildman–Crippen LogP) is 4.52. The van der Waals surface area contributed by atoms with Gasteiger partial charge in [-0.15, -0.1) is 0 Å². The quantitative estimate of drug-likeness (QED) is 0.433. The number of furan rings is 1. The van der Waals surface area contributed by atoms with Crippen molar-refractivity contribution in [1.82, 2.24) is 15.0 Å². The lowest BCUT2D eigenvalue weighted by Crippen LogP contribution is -2.37. The fourth-order valence-electron chi connectivity index (χ4n) is 4.58. The summed E-state index contributed by atoms with van der Waals surface area (Å²) in [6.07, 6.45) is 0. The topological polar surface area (TPSA) is 84.8 Å². The van der Waals surface area contributed by atoms with Crippen LogP contribution in [0, 0.1) is 20.8 Å². The van der Waals surface area contributed by atoms with E-state index in [9.17, 15) is 4.79 Å². The fraction of sp³-hybridized carbons (Fsp3) is 0.346. The van der Waals surface area contributed by atoms with Gasteiger partial charge in [0, 0.05) is 37.9 Å². The van der Waals surface area contributed by atoms with E-state index in [4.69, 9.17) is 13.7 Å². The highest BCUT2D eigenvalue weighted by molar-refractivity contribution is 6.07. The van der Waals surface area contributed by atoms with Crippen LogP contribution in [-0.4, -0.2) is 54.3 Å². The Morgan fingerprint density at radius 2 is 1.88 bits per heavy atom. The highest BCUT2D eigenvalue weighted by Crippen LogP contribution is 2.31. The molecule has 5 rings (SSSR count). The van der Waals surface area contributed by atoms with Crippen molar-refractivity contribution in [2.45, 2.75) is 27.3 Å². The van der Waals surface area contributed by atoms with Gasteiger partial charge in [0.25, 0.3) is 11.6 Å². The van der Waals surface area contributed by atoms with Gasteiger partial charge in [-0.25, -0.2) is 4.98 Å². The molecule has 1 amide bonds. The molecule has 0 saturated carbocycles. The zero-order chi connectivity index (χ0) is 23.8. The number of carbonyl (C=O) groups excluding carboxylic acids is 1. The van der Waals surface area contributed by atoms with Crippen molar-refractivity contribution in [3.63, 3.8) is 0 Å². The van der Waals surface area contributed by atoms with Gasteiger partial charge in [-0.2, -0.15) is 0 Å². The van der Waals surface area contributed by atoms with Gasteiger partial charge >= 0.3 is 0 Å². The molecule has 8 heteroatoms. The van der Waals surface area contributed by atoms with Crippen LogP contribution in [0.15, 0.2) is 45.3 Å². The summed E-state index contributed by atoms with van der Waals surface area (Å²) in [7, 11) is 1.82. The normalized spacial score (nSPS) is 14.1. The number of amides is 1. The van der Waals surface area contributed by atoms with E-state index in [0.29, 0.717) is 47.8 Å². The van der Waals surface area contributed by atoms with E-state index in [1.54, 1.807) is 4.90 Å². The van der Waals surface area contributed by atoms with Crippen molar-refractivity contribution in [2.75, 3.05) is 38.3 Å². The number of hydrogen-bond acceptors (Lipinski definition) is 7. The van der Waals surface area contributed by atoms with Gasteiger partial charge in [0.2, 0.25) is 0 Å². The number of benzene rings is 1. The molecule has 1 saturated heterocycles. The third kappa shape index (κ3) is 4.05. The Bertz CT molecular complexity index is 1350. The van der Waals surface area contributed by atoms with Gasteiger partial charge < -0.3 is 23.5 Å². The number of nitrogens with zero attached hydrogens (tertiary/aromatic N) is 4. The molecule has 0 bridgehead atoms. The molecule has 1 aliphatic heterocycles. The van der Waals surface area contributed by atoms with Gasteiger partial charge in [0.1, 0.15) is 11.5 Å². The van der Waals surface area contributed by atoms with Crippen LogP contribution in [0.2, 0.25) is 0 Å². The first-order chi connectivity index (χ1) is 16.4. The number of pyridine rings is 1. The van der Waals surface area contributed by atoms with E-state index in [2.05, 4.69) is 27.2 Å². The average Bonchev–Trinajstić information content (AvgIpc) is 3.39. The van der Waals surface area contributed by atoms with E-state index < -0.39 is 0 Å². The number of fused-ring (bicyclic) bond motifs is 1. The van der Waals surface area contributed by atoms with Gasteiger partial charge in [0.05, 0.1) is 35.6 Å². The molecule has 0 aliphatic carbocycles. The summed E-state index contributed by atoms with van der Waals surface area (Å²) in [6, 6.07) is 12.0. The van der Waals surface area contributed by atoms with Gasteiger partial charge in [-0.1, -0.05) is 23.4 Å². The van der Waals surface area contributed by atoms with Crippen LogP contribution in [0.5, 0.6) is 0 Å². The summed E-state index contributed by atoms with van der Waals surface area (Å²) >= 11 is 0. The molecule has 3 aromatic heterocycles. The second-order valence-electron chi connectivity index (χ2n) is 8.72. The largest absolute Gasteiger partial charge is 0.466 e. The lowest BCUT2D eigenvalue weighted by atomic mass is 10.0. The number of aryl methyl sites for hydroxylation is 3. The number of rotatable bonds is 5. The first-order valence-electron chi connectivity index (χ1n) is 11.4. The maximum Gasteiger partial charge on any atom is 0.259 e. The summed E-state index contributed by atoms with van der Waals surface area (Å²) in [6.45, 7) is 9.17. The average molecular weight is 461 g/mol. The van der Waals surface area contributed by atoms with Crippen LogP contribution < -0.4 is 4.90 Å². The van der Waals surface area contributed by atoms with Crippen LogP contribution in [0.4, 0.5) is 5.69 Å².